The van der Waals surface area contributed by atoms with Crippen LogP contribution in [0.3, 0.4) is 0 Å². The maximum atomic E-state index is 13.6. The second-order valence-electron chi connectivity index (χ2n) is 11.4. The number of carbonyl (C=O) groups is 3. The fourth-order valence-corrected chi connectivity index (χ4v) is 7.32. The van der Waals surface area contributed by atoms with Gasteiger partial charge in [-0.15, -0.1) is 11.3 Å². The molecular weight excluding hydrogens is 578 g/mol. The maximum absolute atomic E-state index is 13.6. The van der Waals surface area contributed by atoms with Crippen molar-refractivity contribution in [3.05, 3.63) is 71.2 Å². The van der Waals surface area contributed by atoms with Crippen LogP contribution in [0, 0.1) is 12.8 Å². The van der Waals surface area contributed by atoms with Gasteiger partial charge < -0.3 is 25.0 Å². The summed E-state index contributed by atoms with van der Waals surface area (Å²) >= 11 is 1.26. The fraction of sp³-hybridized carbons (Fsp3) is 0.333. The fourth-order valence-electron chi connectivity index (χ4n) is 6.30. The highest BCUT2D eigenvalue weighted by Crippen LogP contribution is 2.46. The standard InChI is InChI=1S/C33H33N5O5S/c1-20-18-24(43-23-7-3-2-4-8-23)9-10-25(20)38-26-11-14-34-31-27(26)28(36-33(38)41)29(44-31)30(39)35-22-6-5-15-37(19-22)32(40)21-12-16-42-17-13-21/h2-4,7-11,14,18,21-22H,5-6,12-13,15-17,19H2,1H3,(H,35,39)(H,36,41)/t22-/m1/s1. The number of likely N-dealkylation sites (tertiary alicyclic amines) is 1. The van der Waals surface area contributed by atoms with Gasteiger partial charge in [0.25, 0.3) is 5.91 Å². The van der Waals surface area contributed by atoms with Crippen molar-refractivity contribution in [3.63, 3.8) is 0 Å². The minimum absolute atomic E-state index is 0.0101. The Kier molecular flexibility index (Phi) is 7.65. The average Bonchev–Trinajstić information content (AvgIpc) is 3.42. The number of piperidine rings is 1. The molecule has 3 aliphatic heterocycles. The van der Waals surface area contributed by atoms with E-state index in [4.69, 9.17) is 9.47 Å². The molecule has 2 N–H and O–H groups in total. The number of anilines is 3. The number of nitrogens with one attached hydrogen (secondary N) is 2. The maximum Gasteiger partial charge on any atom is 0.331 e. The van der Waals surface area contributed by atoms with E-state index in [0.717, 1.165) is 42.4 Å². The number of nitrogens with zero attached hydrogens (tertiary/aromatic N) is 3. The van der Waals surface area contributed by atoms with Crippen molar-refractivity contribution >= 4 is 56.5 Å². The van der Waals surface area contributed by atoms with Crippen LogP contribution in [0.2, 0.25) is 0 Å². The van der Waals surface area contributed by atoms with E-state index in [0.29, 0.717) is 58.8 Å². The third kappa shape index (κ3) is 5.37. The van der Waals surface area contributed by atoms with Gasteiger partial charge in [0.2, 0.25) is 5.91 Å². The van der Waals surface area contributed by atoms with E-state index in [1.54, 1.807) is 17.2 Å². The minimum atomic E-state index is -0.358. The van der Waals surface area contributed by atoms with Crippen molar-refractivity contribution in [1.29, 1.82) is 0 Å². The van der Waals surface area contributed by atoms with Gasteiger partial charge in [-0.05, 0) is 74.6 Å². The van der Waals surface area contributed by atoms with Gasteiger partial charge in [-0.1, -0.05) is 18.2 Å². The highest BCUT2D eigenvalue weighted by molar-refractivity contribution is 7.21. The number of benzene rings is 2. The van der Waals surface area contributed by atoms with Gasteiger partial charge in [0, 0.05) is 44.5 Å². The predicted octanol–water partition coefficient (Wildman–Crippen LogP) is 6.23. The van der Waals surface area contributed by atoms with Crippen LogP contribution in [0.1, 0.15) is 40.9 Å². The van der Waals surface area contributed by atoms with Gasteiger partial charge in [-0.2, -0.15) is 0 Å². The molecular formula is C33H33N5O5S. The number of rotatable bonds is 6. The van der Waals surface area contributed by atoms with Gasteiger partial charge >= 0.3 is 6.03 Å². The molecule has 0 aliphatic carbocycles. The van der Waals surface area contributed by atoms with Crippen LogP contribution in [0.15, 0.2) is 60.8 Å². The lowest BCUT2D eigenvalue weighted by Crippen LogP contribution is -2.51. The van der Waals surface area contributed by atoms with Crippen molar-refractivity contribution < 1.29 is 23.9 Å². The number of para-hydroxylation sites is 1. The normalized spacial score (nSPS) is 18.7. The number of urea groups is 1. The van der Waals surface area contributed by atoms with Gasteiger partial charge in [-0.25, -0.2) is 9.78 Å². The Morgan fingerprint density at radius 2 is 1.86 bits per heavy atom. The van der Waals surface area contributed by atoms with Crippen molar-refractivity contribution in [2.24, 2.45) is 5.92 Å². The Balaban J connectivity index is 1.12. The molecule has 226 valence electrons. The summed E-state index contributed by atoms with van der Waals surface area (Å²) in [5.74, 6) is 1.27. The first-order valence-corrected chi connectivity index (χ1v) is 15.8. The number of thiophene rings is 1. The van der Waals surface area contributed by atoms with Crippen LogP contribution in [0.5, 0.6) is 11.5 Å². The summed E-state index contributed by atoms with van der Waals surface area (Å²) in [6.45, 7) is 4.35. The first-order valence-electron chi connectivity index (χ1n) is 15.0. The monoisotopic (exact) mass is 611 g/mol. The van der Waals surface area contributed by atoms with Crippen LogP contribution >= 0.6 is 11.3 Å². The summed E-state index contributed by atoms with van der Waals surface area (Å²) in [5.41, 5.74) is 2.69. The van der Waals surface area contributed by atoms with E-state index in [2.05, 4.69) is 15.6 Å². The SMILES string of the molecule is Cc1cc(Oc2ccccc2)ccc1N1C(=O)Nc2c(C(=O)N[C@@H]3CCCN(C(=O)C4CCOCC4)C3)sc3nccc1c23. The molecule has 4 aromatic rings. The highest BCUT2D eigenvalue weighted by Gasteiger charge is 2.35. The Morgan fingerprint density at radius 3 is 2.66 bits per heavy atom. The quantitative estimate of drug-likeness (QED) is 0.267. The molecule has 2 aromatic carbocycles. The molecule has 4 amide bonds. The average molecular weight is 612 g/mol. The van der Waals surface area contributed by atoms with Crippen LogP contribution in [-0.4, -0.2) is 60.1 Å². The zero-order valence-electron chi connectivity index (χ0n) is 24.4. The highest BCUT2D eigenvalue weighted by atomic mass is 32.1. The van der Waals surface area contributed by atoms with E-state index in [9.17, 15) is 14.4 Å². The summed E-state index contributed by atoms with van der Waals surface area (Å²) in [4.78, 5) is 49.5. The van der Waals surface area contributed by atoms with E-state index in [1.807, 2.05) is 60.4 Å². The van der Waals surface area contributed by atoms with E-state index in [1.165, 1.54) is 11.3 Å². The largest absolute Gasteiger partial charge is 0.457 e. The van der Waals surface area contributed by atoms with Crippen molar-refractivity contribution in [3.8, 4) is 11.5 Å². The number of aryl methyl sites for hydroxylation is 1. The zero-order valence-corrected chi connectivity index (χ0v) is 25.2. The number of amides is 4. The lowest BCUT2D eigenvalue weighted by Gasteiger charge is -2.36. The Labute approximate surface area is 259 Å². The lowest BCUT2D eigenvalue weighted by molar-refractivity contribution is -0.139. The molecule has 0 bridgehead atoms. The van der Waals surface area contributed by atoms with Gasteiger partial charge in [-0.3, -0.25) is 14.5 Å². The third-order valence-electron chi connectivity index (χ3n) is 8.48. The van der Waals surface area contributed by atoms with E-state index < -0.39 is 0 Å². The molecule has 1 atom stereocenters. The Bertz CT molecular complexity index is 1740. The van der Waals surface area contributed by atoms with Crippen molar-refractivity contribution in [2.75, 3.05) is 36.5 Å². The zero-order chi connectivity index (χ0) is 30.2. The van der Waals surface area contributed by atoms with Crippen molar-refractivity contribution in [2.45, 2.75) is 38.6 Å². The molecule has 2 saturated heterocycles. The third-order valence-corrected chi connectivity index (χ3v) is 9.58. The molecule has 10 nitrogen and oxygen atoms in total. The second kappa shape index (κ2) is 11.9. The molecule has 11 heteroatoms. The molecule has 0 unspecified atom stereocenters. The molecule has 44 heavy (non-hydrogen) atoms. The number of aromatic nitrogens is 1. The number of hydrogen-bond acceptors (Lipinski definition) is 7. The molecule has 2 aromatic heterocycles. The summed E-state index contributed by atoms with van der Waals surface area (Å²) in [5, 5.41) is 6.85. The minimum Gasteiger partial charge on any atom is -0.457 e. The van der Waals surface area contributed by atoms with Crippen LogP contribution < -0.4 is 20.3 Å². The molecule has 7 rings (SSSR count). The number of hydrogen-bond donors (Lipinski definition) is 2. The van der Waals surface area contributed by atoms with Gasteiger partial charge in [0.05, 0.1) is 22.4 Å². The molecule has 3 aliphatic rings. The number of carbonyl (C=O) groups excluding carboxylic acids is 3. The van der Waals surface area contributed by atoms with Crippen LogP contribution in [0.25, 0.3) is 10.2 Å². The topological polar surface area (TPSA) is 113 Å². The van der Waals surface area contributed by atoms with E-state index in [-0.39, 0.29) is 29.8 Å². The second-order valence-corrected chi connectivity index (χ2v) is 12.4. The Morgan fingerprint density at radius 1 is 1.05 bits per heavy atom. The first-order chi connectivity index (χ1) is 21.5. The van der Waals surface area contributed by atoms with Crippen LogP contribution in [-0.2, 0) is 9.53 Å². The molecule has 0 spiro atoms. The molecule has 0 radical (unpaired) electrons. The summed E-state index contributed by atoms with van der Waals surface area (Å²) in [6.07, 6.45) is 4.76. The molecule has 2 fully saturated rings. The van der Waals surface area contributed by atoms with E-state index >= 15 is 0 Å². The summed E-state index contributed by atoms with van der Waals surface area (Å²) in [6, 6.07) is 16.4. The van der Waals surface area contributed by atoms with Crippen molar-refractivity contribution in [1.82, 2.24) is 15.2 Å². The summed E-state index contributed by atoms with van der Waals surface area (Å²) < 4.78 is 11.4. The van der Waals surface area contributed by atoms with Gasteiger partial charge in [0.15, 0.2) is 0 Å². The predicted molar refractivity (Wildman–Crippen MR) is 169 cm³/mol. The number of ether oxygens (including phenoxy) is 2. The smallest absolute Gasteiger partial charge is 0.331 e. The lowest BCUT2D eigenvalue weighted by atomic mass is 9.96. The molecule has 0 saturated carbocycles. The van der Waals surface area contributed by atoms with Gasteiger partial charge in [0.1, 0.15) is 21.2 Å². The summed E-state index contributed by atoms with van der Waals surface area (Å²) in [7, 11) is 0. The number of pyridine rings is 1. The molecule has 5 heterocycles. The first kappa shape index (κ1) is 28.3. The Hall–Kier alpha value is -4.48. The van der Waals surface area contributed by atoms with Crippen LogP contribution in [0.4, 0.5) is 21.9 Å².